The number of hydrogen-bond donors (Lipinski definition) is 0. The maximum absolute atomic E-state index is 5.02. The number of hydrogen-bond acceptors (Lipinski definition) is 3. The number of benzene rings is 3. The lowest BCUT2D eigenvalue weighted by atomic mass is 10.2. The quantitative estimate of drug-likeness (QED) is 0.344. The number of nitrogens with zero attached hydrogens (tertiary/aromatic N) is 5. The van der Waals surface area contributed by atoms with Gasteiger partial charge in [-0.1, -0.05) is 42.5 Å². The molecule has 30 heavy (non-hydrogen) atoms. The van der Waals surface area contributed by atoms with Crippen LogP contribution in [-0.4, -0.2) is 23.8 Å². The normalized spacial score (nSPS) is 12.0. The van der Waals surface area contributed by atoms with Crippen LogP contribution < -0.4 is 0 Å². The summed E-state index contributed by atoms with van der Waals surface area (Å²) in [6, 6.07) is 28.9. The number of rotatable bonds is 0. The summed E-state index contributed by atoms with van der Waals surface area (Å²) in [5, 5.41) is 1.07. The Morgan fingerprint density at radius 3 is 1.73 bits per heavy atom. The molecule has 0 radical (unpaired) electrons. The zero-order valence-corrected chi connectivity index (χ0v) is 15.9. The molecular weight excluding hydrogens is 370 g/mol. The van der Waals surface area contributed by atoms with Gasteiger partial charge in [0.05, 0.1) is 38.6 Å². The van der Waals surface area contributed by atoms with E-state index >= 15 is 0 Å². The molecule has 0 aliphatic carbocycles. The Labute approximate surface area is 170 Å². The van der Waals surface area contributed by atoms with Crippen LogP contribution in [0.25, 0.3) is 55.3 Å². The van der Waals surface area contributed by atoms with Crippen molar-refractivity contribution in [3.63, 3.8) is 0 Å². The van der Waals surface area contributed by atoms with Gasteiger partial charge in [-0.15, -0.1) is 0 Å². The van der Waals surface area contributed by atoms with E-state index in [4.69, 9.17) is 15.0 Å². The molecule has 0 unspecified atom stereocenters. The van der Waals surface area contributed by atoms with E-state index in [0.29, 0.717) is 0 Å². The van der Waals surface area contributed by atoms with Crippen LogP contribution in [0.2, 0.25) is 0 Å². The molecule has 7 aromatic rings. The van der Waals surface area contributed by atoms with E-state index in [2.05, 4.69) is 51.3 Å². The van der Waals surface area contributed by atoms with Crippen molar-refractivity contribution in [3.05, 3.63) is 91.1 Å². The second kappa shape index (κ2) is 5.64. The van der Waals surface area contributed by atoms with Gasteiger partial charge in [-0.3, -0.25) is 13.8 Å². The van der Waals surface area contributed by atoms with E-state index in [1.807, 2.05) is 48.7 Å². The fourth-order valence-corrected chi connectivity index (χ4v) is 4.49. The predicted octanol–water partition coefficient (Wildman–Crippen LogP) is 5.55. The van der Waals surface area contributed by atoms with Gasteiger partial charge in [-0.05, 0) is 42.5 Å². The highest BCUT2D eigenvalue weighted by Gasteiger charge is 2.15. The minimum Gasteiger partial charge on any atom is -0.289 e. The first kappa shape index (κ1) is 15.6. The van der Waals surface area contributed by atoms with Crippen molar-refractivity contribution in [2.75, 3.05) is 0 Å². The molecule has 0 bridgehead atoms. The number of imidazole rings is 2. The third kappa shape index (κ3) is 1.93. The summed E-state index contributed by atoms with van der Waals surface area (Å²) in [7, 11) is 0. The predicted molar refractivity (Wildman–Crippen MR) is 121 cm³/mol. The minimum absolute atomic E-state index is 0.816. The summed E-state index contributed by atoms with van der Waals surface area (Å²) < 4.78 is 4.39. The molecule has 4 aromatic heterocycles. The van der Waals surface area contributed by atoms with Gasteiger partial charge in [-0.25, -0.2) is 9.97 Å². The van der Waals surface area contributed by atoms with Crippen molar-refractivity contribution >= 4 is 55.3 Å². The Hall–Kier alpha value is -4.25. The number of pyridine rings is 1. The van der Waals surface area contributed by atoms with Gasteiger partial charge in [0.2, 0.25) is 0 Å². The Balaban J connectivity index is 1.99. The van der Waals surface area contributed by atoms with Gasteiger partial charge in [0.25, 0.3) is 0 Å². The van der Waals surface area contributed by atoms with Gasteiger partial charge < -0.3 is 0 Å². The Morgan fingerprint density at radius 1 is 0.500 bits per heavy atom. The number of fused-ring (bicyclic) bond motifs is 12. The molecule has 4 heterocycles. The molecule has 0 spiro atoms. The van der Waals surface area contributed by atoms with Crippen LogP contribution in [0.3, 0.4) is 0 Å². The van der Waals surface area contributed by atoms with Crippen LogP contribution in [0.15, 0.2) is 91.1 Å². The number of para-hydroxylation sites is 5. The van der Waals surface area contributed by atoms with Crippen LogP contribution in [0.5, 0.6) is 0 Å². The monoisotopic (exact) mass is 385 g/mol. The average Bonchev–Trinajstić information content (AvgIpc) is 3.36. The maximum Gasteiger partial charge on any atom is 0.182 e. The molecule has 5 heteroatoms. The fourth-order valence-electron chi connectivity index (χ4n) is 4.49. The van der Waals surface area contributed by atoms with Crippen molar-refractivity contribution in [2.45, 2.75) is 0 Å². The third-order valence-electron chi connectivity index (χ3n) is 5.75. The highest BCUT2D eigenvalue weighted by atomic mass is 15.1. The zero-order valence-electron chi connectivity index (χ0n) is 15.9. The Morgan fingerprint density at radius 2 is 1.03 bits per heavy atom. The van der Waals surface area contributed by atoms with E-state index in [9.17, 15) is 0 Å². The molecule has 0 aliphatic heterocycles. The third-order valence-corrected chi connectivity index (χ3v) is 5.75. The van der Waals surface area contributed by atoms with Gasteiger partial charge in [0, 0.05) is 11.6 Å². The highest BCUT2D eigenvalue weighted by molar-refractivity contribution is 6.06. The van der Waals surface area contributed by atoms with Crippen LogP contribution in [0, 0.1) is 0 Å². The maximum atomic E-state index is 5.02. The Bertz CT molecular complexity index is 1670. The van der Waals surface area contributed by atoms with Gasteiger partial charge in [0.1, 0.15) is 0 Å². The lowest BCUT2D eigenvalue weighted by molar-refractivity contribution is 1.23. The standard InChI is InChI=1S/C25H15N5/c1-4-11-19-16(8-1)23-22(14-7-15-26-23)30-21-13-6-3-10-18(21)28-25(30)24-27-17-9-2-5-12-20(17)29(19)24/h1-15H. The number of aromatic nitrogens is 5. The fraction of sp³-hybridized carbons (Fsp3) is 0. The van der Waals surface area contributed by atoms with Crippen LogP contribution in [0.4, 0.5) is 0 Å². The van der Waals surface area contributed by atoms with Gasteiger partial charge in [0.15, 0.2) is 11.3 Å². The average molecular weight is 385 g/mol. The lowest BCUT2D eigenvalue weighted by Crippen LogP contribution is -1.95. The molecule has 0 aliphatic rings. The van der Waals surface area contributed by atoms with E-state index in [-0.39, 0.29) is 0 Å². The highest BCUT2D eigenvalue weighted by Crippen LogP contribution is 2.30. The zero-order chi connectivity index (χ0) is 19.7. The van der Waals surface area contributed by atoms with E-state index in [1.54, 1.807) is 0 Å². The molecule has 0 atom stereocenters. The lowest BCUT2D eigenvalue weighted by Gasteiger charge is -2.07. The second-order valence-corrected chi connectivity index (χ2v) is 7.41. The Kier molecular flexibility index (Phi) is 2.94. The minimum atomic E-state index is 0.816. The molecule has 5 nitrogen and oxygen atoms in total. The first-order valence-electron chi connectivity index (χ1n) is 9.91. The molecule has 3 aromatic carbocycles. The van der Waals surface area contributed by atoms with Crippen LogP contribution >= 0.6 is 0 Å². The summed E-state index contributed by atoms with van der Waals surface area (Å²) in [4.78, 5) is 14.8. The summed E-state index contributed by atoms with van der Waals surface area (Å²) >= 11 is 0. The van der Waals surface area contributed by atoms with E-state index in [1.165, 1.54) is 0 Å². The van der Waals surface area contributed by atoms with Crippen LogP contribution in [0.1, 0.15) is 0 Å². The SMILES string of the molecule is c1ccc2c(c1)nc1c3nc4ccccc4n3c3cccnc3c3ccccc3n21. The summed E-state index contributed by atoms with van der Waals surface area (Å²) in [5.74, 6) is 0. The summed E-state index contributed by atoms with van der Waals surface area (Å²) in [6.07, 6.45) is 1.85. The van der Waals surface area contributed by atoms with Crippen molar-refractivity contribution in [1.82, 2.24) is 23.8 Å². The van der Waals surface area contributed by atoms with Crippen LogP contribution in [-0.2, 0) is 0 Å². The largest absolute Gasteiger partial charge is 0.289 e. The van der Waals surface area contributed by atoms with Crippen molar-refractivity contribution in [2.24, 2.45) is 0 Å². The van der Waals surface area contributed by atoms with E-state index in [0.717, 1.165) is 55.3 Å². The first-order valence-corrected chi connectivity index (χ1v) is 9.91. The molecule has 0 fully saturated rings. The van der Waals surface area contributed by atoms with Crippen molar-refractivity contribution < 1.29 is 0 Å². The first-order chi connectivity index (χ1) is 14.9. The van der Waals surface area contributed by atoms with Gasteiger partial charge in [-0.2, -0.15) is 0 Å². The second-order valence-electron chi connectivity index (χ2n) is 7.41. The van der Waals surface area contributed by atoms with Crippen molar-refractivity contribution in [1.29, 1.82) is 0 Å². The molecule has 0 N–H and O–H groups in total. The smallest absolute Gasteiger partial charge is 0.182 e. The molecule has 7 rings (SSSR count). The summed E-state index contributed by atoms with van der Waals surface area (Å²) in [5.41, 5.74) is 8.61. The molecule has 0 saturated heterocycles. The van der Waals surface area contributed by atoms with Gasteiger partial charge >= 0.3 is 0 Å². The molecule has 0 saturated carbocycles. The molecule has 0 amide bonds. The molecule has 140 valence electrons. The van der Waals surface area contributed by atoms with Crippen molar-refractivity contribution in [3.8, 4) is 0 Å². The molecular formula is C25H15N5. The topological polar surface area (TPSA) is 47.5 Å². The summed E-state index contributed by atoms with van der Waals surface area (Å²) in [6.45, 7) is 0. The van der Waals surface area contributed by atoms with E-state index < -0.39 is 0 Å².